The Balaban J connectivity index is 1.99. The maximum atomic E-state index is 12.1. The summed E-state index contributed by atoms with van der Waals surface area (Å²) in [4.78, 5) is 35.2. The number of anilines is 1. The molecule has 0 unspecified atom stereocenters. The third-order valence-corrected chi connectivity index (χ3v) is 4.24. The van der Waals surface area contributed by atoms with Gasteiger partial charge in [0.1, 0.15) is 0 Å². The standard InChI is InChI=1S/C21H21BrN4O5/c1-3-9-23-20(28)21(29)26-24-12-14-10-16(22)19(17(11-14)30-2)31-13-18(27)25-15-7-5-4-6-8-15/h3-8,10-12H,1,9,13H2,2H3,(H,23,28)(H,25,27)(H,26,29)/b24-12-. The molecule has 31 heavy (non-hydrogen) atoms. The first-order valence-corrected chi connectivity index (χ1v) is 9.81. The first-order valence-electron chi connectivity index (χ1n) is 9.02. The Morgan fingerprint density at radius 1 is 1.16 bits per heavy atom. The van der Waals surface area contributed by atoms with E-state index in [-0.39, 0.29) is 19.1 Å². The molecular formula is C21H21BrN4O5. The molecule has 3 amide bonds. The highest BCUT2D eigenvalue weighted by Crippen LogP contribution is 2.36. The summed E-state index contributed by atoms with van der Waals surface area (Å²) < 4.78 is 11.4. The molecule has 0 bridgehead atoms. The average molecular weight is 489 g/mol. The van der Waals surface area contributed by atoms with Gasteiger partial charge in [-0.15, -0.1) is 6.58 Å². The molecule has 0 aliphatic rings. The Bertz CT molecular complexity index is 979. The van der Waals surface area contributed by atoms with Crippen LogP contribution in [-0.4, -0.2) is 44.2 Å². The van der Waals surface area contributed by atoms with Crippen molar-refractivity contribution in [1.82, 2.24) is 10.7 Å². The molecule has 3 N–H and O–H groups in total. The molecule has 162 valence electrons. The zero-order valence-corrected chi connectivity index (χ0v) is 18.3. The van der Waals surface area contributed by atoms with E-state index in [4.69, 9.17) is 9.47 Å². The summed E-state index contributed by atoms with van der Waals surface area (Å²) in [7, 11) is 1.45. The highest BCUT2D eigenvalue weighted by Gasteiger charge is 2.14. The average Bonchev–Trinajstić information content (AvgIpc) is 2.76. The van der Waals surface area contributed by atoms with Gasteiger partial charge < -0.3 is 20.1 Å². The highest BCUT2D eigenvalue weighted by molar-refractivity contribution is 9.10. The maximum absolute atomic E-state index is 12.1. The molecule has 0 saturated heterocycles. The summed E-state index contributed by atoms with van der Waals surface area (Å²) in [6, 6.07) is 12.3. The lowest BCUT2D eigenvalue weighted by atomic mass is 10.2. The lowest BCUT2D eigenvalue weighted by Gasteiger charge is -2.13. The van der Waals surface area contributed by atoms with Crippen LogP contribution in [0.25, 0.3) is 0 Å². The molecule has 0 aliphatic carbocycles. The number of ether oxygens (including phenoxy) is 2. The number of hydrogen-bond acceptors (Lipinski definition) is 6. The van der Waals surface area contributed by atoms with Crippen LogP contribution in [0, 0.1) is 0 Å². The molecule has 0 aliphatic heterocycles. The van der Waals surface area contributed by atoms with E-state index in [9.17, 15) is 14.4 Å². The van der Waals surface area contributed by atoms with Crippen LogP contribution in [0.15, 0.2) is 64.7 Å². The van der Waals surface area contributed by atoms with Gasteiger partial charge in [0.25, 0.3) is 5.91 Å². The number of benzene rings is 2. The lowest BCUT2D eigenvalue weighted by Crippen LogP contribution is -2.37. The minimum Gasteiger partial charge on any atom is -0.493 e. The Hall–Kier alpha value is -3.66. The van der Waals surface area contributed by atoms with Crippen LogP contribution in [-0.2, 0) is 14.4 Å². The zero-order valence-electron chi connectivity index (χ0n) is 16.7. The van der Waals surface area contributed by atoms with E-state index in [0.29, 0.717) is 27.2 Å². The highest BCUT2D eigenvalue weighted by atomic mass is 79.9. The summed E-state index contributed by atoms with van der Waals surface area (Å²) in [5, 5.41) is 8.80. The topological polar surface area (TPSA) is 118 Å². The fraction of sp³-hybridized carbons (Fsp3) is 0.143. The summed E-state index contributed by atoms with van der Waals surface area (Å²) in [6.07, 6.45) is 2.78. The number of carbonyl (C=O) groups excluding carboxylic acids is 3. The van der Waals surface area contributed by atoms with Gasteiger partial charge in [-0.3, -0.25) is 14.4 Å². The fourth-order valence-electron chi connectivity index (χ4n) is 2.27. The van der Waals surface area contributed by atoms with Gasteiger partial charge in [-0.05, 0) is 45.8 Å². The van der Waals surface area contributed by atoms with Gasteiger partial charge in [0.15, 0.2) is 18.1 Å². The number of halogens is 1. The first kappa shape index (κ1) is 23.6. The van der Waals surface area contributed by atoms with Crippen molar-refractivity contribution in [1.29, 1.82) is 0 Å². The molecule has 9 nitrogen and oxygen atoms in total. The van der Waals surface area contributed by atoms with Crippen molar-refractivity contribution >= 4 is 45.6 Å². The Morgan fingerprint density at radius 3 is 2.58 bits per heavy atom. The van der Waals surface area contributed by atoms with Crippen molar-refractivity contribution in [2.75, 3.05) is 25.6 Å². The zero-order chi connectivity index (χ0) is 22.6. The van der Waals surface area contributed by atoms with Crippen molar-refractivity contribution in [3.8, 4) is 11.5 Å². The maximum Gasteiger partial charge on any atom is 0.329 e. The molecule has 10 heteroatoms. The number of para-hydroxylation sites is 1. The number of nitrogens with zero attached hydrogens (tertiary/aromatic N) is 1. The van der Waals surface area contributed by atoms with Crippen LogP contribution in [0.4, 0.5) is 5.69 Å². The van der Waals surface area contributed by atoms with Crippen LogP contribution in [0.5, 0.6) is 11.5 Å². The van der Waals surface area contributed by atoms with Crippen molar-refractivity contribution in [3.63, 3.8) is 0 Å². The first-order chi connectivity index (χ1) is 14.9. The van der Waals surface area contributed by atoms with Gasteiger partial charge in [0.05, 0.1) is 17.8 Å². The fourth-order valence-corrected chi connectivity index (χ4v) is 2.85. The Kier molecular flexibility index (Phi) is 9.24. The van der Waals surface area contributed by atoms with Crippen LogP contribution < -0.4 is 25.5 Å². The number of carbonyl (C=O) groups is 3. The van der Waals surface area contributed by atoms with Gasteiger partial charge in [0.2, 0.25) is 0 Å². The van der Waals surface area contributed by atoms with E-state index in [1.807, 2.05) is 18.2 Å². The van der Waals surface area contributed by atoms with Gasteiger partial charge in [-0.1, -0.05) is 24.3 Å². The molecule has 0 atom stereocenters. The van der Waals surface area contributed by atoms with Gasteiger partial charge >= 0.3 is 11.8 Å². The molecular weight excluding hydrogens is 468 g/mol. The summed E-state index contributed by atoms with van der Waals surface area (Å²) in [5.41, 5.74) is 3.33. The molecule has 0 spiro atoms. The molecule has 0 saturated carbocycles. The minimum absolute atomic E-state index is 0.172. The largest absolute Gasteiger partial charge is 0.493 e. The number of nitrogens with one attached hydrogen (secondary N) is 3. The Labute approximate surface area is 187 Å². The molecule has 2 aromatic carbocycles. The monoisotopic (exact) mass is 488 g/mol. The van der Waals surface area contributed by atoms with Crippen molar-refractivity contribution in [2.45, 2.75) is 0 Å². The molecule has 2 aromatic rings. The second-order valence-electron chi connectivity index (χ2n) is 5.93. The van der Waals surface area contributed by atoms with Crippen LogP contribution in [0.1, 0.15) is 5.56 Å². The predicted octanol–water partition coefficient (Wildman–Crippen LogP) is 2.23. The minimum atomic E-state index is -0.909. The summed E-state index contributed by atoms with van der Waals surface area (Å²) in [6.45, 7) is 3.38. The third-order valence-electron chi connectivity index (χ3n) is 3.65. The van der Waals surface area contributed by atoms with Gasteiger partial charge in [0, 0.05) is 12.2 Å². The molecule has 0 aromatic heterocycles. The molecule has 0 heterocycles. The summed E-state index contributed by atoms with van der Waals surface area (Å²) in [5.74, 6) is -1.39. The lowest BCUT2D eigenvalue weighted by molar-refractivity contribution is -0.139. The van der Waals surface area contributed by atoms with E-state index >= 15 is 0 Å². The van der Waals surface area contributed by atoms with E-state index in [2.05, 4.69) is 43.7 Å². The van der Waals surface area contributed by atoms with E-state index in [1.165, 1.54) is 19.4 Å². The molecule has 2 rings (SSSR count). The molecule has 0 radical (unpaired) electrons. The van der Waals surface area contributed by atoms with Crippen LogP contribution in [0.2, 0.25) is 0 Å². The number of amides is 3. The Morgan fingerprint density at radius 2 is 1.90 bits per heavy atom. The second-order valence-corrected chi connectivity index (χ2v) is 6.79. The van der Waals surface area contributed by atoms with Crippen LogP contribution in [0.3, 0.4) is 0 Å². The smallest absolute Gasteiger partial charge is 0.329 e. The van der Waals surface area contributed by atoms with E-state index in [1.54, 1.807) is 24.3 Å². The second kappa shape index (κ2) is 12.1. The van der Waals surface area contributed by atoms with Gasteiger partial charge in [-0.25, -0.2) is 5.43 Å². The SMILES string of the molecule is C=CCNC(=O)C(=O)N/N=C\c1cc(Br)c(OCC(=O)Nc2ccccc2)c(OC)c1. The number of hydrogen-bond donors (Lipinski definition) is 3. The van der Waals surface area contributed by atoms with E-state index in [0.717, 1.165) is 0 Å². The third kappa shape index (κ3) is 7.59. The number of rotatable bonds is 9. The predicted molar refractivity (Wildman–Crippen MR) is 120 cm³/mol. The normalized spacial score (nSPS) is 10.3. The summed E-state index contributed by atoms with van der Waals surface area (Å²) >= 11 is 3.37. The van der Waals surface area contributed by atoms with Gasteiger partial charge in [-0.2, -0.15) is 5.10 Å². The van der Waals surface area contributed by atoms with Crippen molar-refractivity contribution in [2.24, 2.45) is 5.10 Å². The molecule has 0 fully saturated rings. The van der Waals surface area contributed by atoms with E-state index < -0.39 is 11.8 Å². The van der Waals surface area contributed by atoms with Crippen molar-refractivity contribution < 1.29 is 23.9 Å². The number of methoxy groups -OCH3 is 1. The quantitative estimate of drug-likeness (QED) is 0.216. The van der Waals surface area contributed by atoms with Crippen LogP contribution >= 0.6 is 15.9 Å². The number of hydrazone groups is 1. The van der Waals surface area contributed by atoms with Crippen molar-refractivity contribution in [3.05, 3.63) is 65.2 Å².